The minimum atomic E-state index is 0.0495. The summed E-state index contributed by atoms with van der Waals surface area (Å²) in [6.07, 6.45) is 6.93. The first-order valence-corrected chi connectivity index (χ1v) is 8.56. The minimum absolute atomic E-state index is 0.0495. The van der Waals surface area contributed by atoms with E-state index in [0.29, 0.717) is 0 Å². The number of hydrogen-bond acceptors (Lipinski definition) is 3. The van der Waals surface area contributed by atoms with Crippen molar-refractivity contribution in [2.24, 2.45) is 0 Å². The lowest BCUT2D eigenvalue weighted by molar-refractivity contribution is 0.203. The molecular weight excluding hydrogens is 270 g/mol. The van der Waals surface area contributed by atoms with Crippen LogP contribution in [0, 0.1) is 0 Å². The Kier molecular flexibility index (Phi) is 5.83. The van der Waals surface area contributed by atoms with Crippen LogP contribution in [0.5, 0.6) is 0 Å². The molecular formula is C15H25N3OS. The van der Waals surface area contributed by atoms with Crippen LogP contribution in [0.1, 0.15) is 48.7 Å². The number of nitrogens with one attached hydrogen (secondary N) is 1. The van der Waals surface area contributed by atoms with Crippen molar-refractivity contribution >= 4 is 17.4 Å². The van der Waals surface area contributed by atoms with Crippen molar-refractivity contribution in [3.05, 3.63) is 15.6 Å². The summed E-state index contributed by atoms with van der Waals surface area (Å²) in [4.78, 5) is 19.8. The zero-order chi connectivity index (χ0) is 14.4. The predicted molar refractivity (Wildman–Crippen MR) is 83.4 cm³/mol. The van der Waals surface area contributed by atoms with E-state index in [9.17, 15) is 4.79 Å². The normalized spacial score (nSPS) is 13.9. The first-order chi connectivity index (χ1) is 9.74. The van der Waals surface area contributed by atoms with E-state index in [1.54, 1.807) is 0 Å². The summed E-state index contributed by atoms with van der Waals surface area (Å²) in [6, 6.07) is 0.0495. The largest absolute Gasteiger partial charge is 0.338 e. The summed E-state index contributed by atoms with van der Waals surface area (Å²) < 4.78 is 0. The highest BCUT2D eigenvalue weighted by Crippen LogP contribution is 2.27. The number of carbonyl (C=O) groups is 1. The molecule has 1 aliphatic carbocycles. The van der Waals surface area contributed by atoms with Crippen molar-refractivity contribution in [1.29, 1.82) is 0 Å². The van der Waals surface area contributed by atoms with Crippen LogP contribution < -0.4 is 5.32 Å². The van der Waals surface area contributed by atoms with Gasteiger partial charge in [0.1, 0.15) is 0 Å². The molecule has 0 saturated heterocycles. The van der Waals surface area contributed by atoms with E-state index in [1.165, 1.54) is 34.8 Å². The average Bonchev–Trinajstić information content (AvgIpc) is 2.87. The highest BCUT2D eigenvalue weighted by molar-refractivity contribution is 7.11. The summed E-state index contributed by atoms with van der Waals surface area (Å²) in [6.45, 7) is 6.27. The molecule has 0 atom stereocenters. The number of hydrogen-bond donors (Lipinski definition) is 1. The molecule has 1 N–H and O–H groups in total. The number of urea groups is 1. The smallest absolute Gasteiger partial charge is 0.317 e. The second-order valence-electron chi connectivity index (χ2n) is 5.19. The number of thiazole rings is 1. The molecule has 0 saturated carbocycles. The summed E-state index contributed by atoms with van der Waals surface area (Å²) >= 11 is 1.88. The molecule has 1 aromatic rings. The topological polar surface area (TPSA) is 45.2 Å². The van der Waals surface area contributed by atoms with Crippen LogP contribution in [0.2, 0.25) is 0 Å². The number of rotatable bonds is 6. The van der Waals surface area contributed by atoms with Gasteiger partial charge in [-0.1, -0.05) is 0 Å². The maximum Gasteiger partial charge on any atom is 0.317 e. The molecule has 1 heterocycles. The molecule has 1 aliphatic rings. The predicted octanol–water partition coefficient (Wildman–Crippen LogP) is 3.01. The van der Waals surface area contributed by atoms with Gasteiger partial charge in [0.2, 0.25) is 0 Å². The van der Waals surface area contributed by atoms with Crippen LogP contribution in [0.3, 0.4) is 0 Å². The van der Waals surface area contributed by atoms with Crippen LogP contribution in [-0.4, -0.2) is 35.5 Å². The highest BCUT2D eigenvalue weighted by atomic mass is 32.1. The third kappa shape index (κ3) is 3.95. The third-order valence-electron chi connectivity index (χ3n) is 3.78. The van der Waals surface area contributed by atoms with Gasteiger partial charge in [0.05, 0.1) is 10.7 Å². The average molecular weight is 295 g/mol. The molecule has 1 aromatic heterocycles. The Labute approximate surface area is 125 Å². The van der Waals surface area contributed by atoms with E-state index < -0.39 is 0 Å². The number of fused-ring (bicyclic) bond motifs is 1. The number of amides is 2. The van der Waals surface area contributed by atoms with Gasteiger partial charge in [0.25, 0.3) is 0 Å². The number of aromatic nitrogens is 1. The van der Waals surface area contributed by atoms with Crippen molar-refractivity contribution in [2.45, 2.75) is 52.4 Å². The Morgan fingerprint density at radius 3 is 2.75 bits per heavy atom. The molecule has 20 heavy (non-hydrogen) atoms. The molecule has 2 rings (SSSR count). The first-order valence-electron chi connectivity index (χ1n) is 7.74. The first kappa shape index (κ1) is 15.3. The van der Waals surface area contributed by atoms with Crippen molar-refractivity contribution < 1.29 is 4.79 Å². The van der Waals surface area contributed by atoms with Crippen LogP contribution in [0.25, 0.3) is 0 Å². The van der Waals surface area contributed by atoms with Crippen molar-refractivity contribution in [2.75, 3.05) is 19.6 Å². The quantitative estimate of drug-likeness (QED) is 0.820. The van der Waals surface area contributed by atoms with Gasteiger partial charge < -0.3 is 10.2 Å². The van der Waals surface area contributed by atoms with Gasteiger partial charge in [-0.2, -0.15) is 0 Å². The Balaban J connectivity index is 1.71. The molecule has 0 bridgehead atoms. The monoisotopic (exact) mass is 295 g/mol. The maximum absolute atomic E-state index is 11.8. The van der Waals surface area contributed by atoms with E-state index >= 15 is 0 Å². The molecule has 0 aliphatic heterocycles. The van der Waals surface area contributed by atoms with E-state index in [4.69, 9.17) is 4.98 Å². The van der Waals surface area contributed by atoms with E-state index in [0.717, 1.165) is 38.9 Å². The Hall–Kier alpha value is -1.10. The lowest BCUT2D eigenvalue weighted by atomic mass is 10.0. The van der Waals surface area contributed by atoms with E-state index in [2.05, 4.69) is 5.32 Å². The van der Waals surface area contributed by atoms with E-state index in [-0.39, 0.29) is 6.03 Å². The van der Waals surface area contributed by atoms with Crippen LogP contribution in [0.4, 0.5) is 4.79 Å². The molecule has 5 heteroatoms. The molecule has 0 spiro atoms. The fraction of sp³-hybridized carbons (Fsp3) is 0.733. The molecule has 4 nitrogen and oxygen atoms in total. The SMILES string of the molecule is CCN(CC)C(=O)NCCCc1nc2c(s1)CCCC2. The third-order valence-corrected chi connectivity index (χ3v) is 5.00. The van der Waals surface area contributed by atoms with Crippen LogP contribution >= 0.6 is 11.3 Å². The van der Waals surface area contributed by atoms with Gasteiger partial charge in [-0.15, -0.1) is 11.3 Å². The molecule has 0 aromatic carbocycles. The molecule has 2 amide bonds. The van der Waals surface area contributed by atoms with Crippen LogP contribution in [0.15, 0.2) is 0 Å². The second kappa shape index (κ2) is 7.62. The fourth-order valence-electron chi connectivity index (χ4n) is 2.57. The number of nitrogens with zero attached hydrogens (tertiary/aromatic N) is 2. The lowest BCUT2D eigenvalue weighted by Crippen LogP contribution is -2.40. The Morgan fingerprint density at radius 2 is 2.05 bits per heavy atom. The fourth-order valence-corrected chi connectivity index (χ4v) is 3.77. The number of carbonyl (C=O) groups excluding carboxylic acids is 1. The zero-order valence-electron chi connectivity index (χ0n) is 12.6. The Morgan fingerprint density at radius 1 is 1.30 bits per heavy atom. The van der Waals surface area contributed by atoms with E-state index in [1.807, 2.05) is 30.1 Å². The van der Waals surface area contributed by atoms with Gasteiger partial charge >= 0.3 is 6.03 Å². The second-order valence-corrected chi connectivity index (χ2v) is 6.36. The summed E-state index contributed by atoms with van der Waals surface area (Å²) in [7, 11) is 0. The van der Waals surface area contributed by atoms with Crippen molar-refractivity contribution in [1.82, 2.24) is 15.2 Å². The van der Waals surface area contributed by atoms with Crippen LogP contribution in [-0.2, 0) is 19.3 Å². The number of aryl methyl sites for hydroxylation is 3. The van der Waals surface area contributed by atoms with Crippen molar-refractivity contribution in [3.8, 4) is 0 Å². The maximum atomic E-state index is 11.8. The van der Waals surface area contributed by atoms with Crippen molar-refractivity contribution in [3.63, 3.8) is 0 Å². The van der Waals surface area contributed by atoms with Gasteiger partial charge in [-0.3, -0.25) is 0 Å². The Bertz CT molecular complexity index is 417. The molecule has 0 unspecified atom stereocenters. The molecule has 112 valence electrons. The summed E-state index contributed by atoms with van der Waals surface area (Å²) in [5.41, 5.74) is 1.34. The molecule has 0 fully saturated rings. The lowest BCUT2D eigenvalue weighted by Gasteiger charge is -2.18. The molecule has 0 radical (unpaired) electrons. The zero-order valence-corrected chi connectivity index (χ0v) is 13.4. The van der Waals surface area contributed by atoms with Gasteiger partial charge in [-0.25, -0.2) is 9.78 Å². The summed E-state index contributed by atoms with van der Waals surface area (Å²) in [5, 5.41) is 4.22. The standard InChI is InChI=1S/C15H25N3OS/c1-3-18(4-2)15(19)16-11-7-10-14-17-12-8-5-6-9-13(12)20-14/h3-11H2,1-2H3,(H,16,19). The van der Waals surface area contributed by atoms with Gasteiger partial charge in [-0.05, 0) is 46.0 Å². The highest BCUT2D eigenvalue weighted by Gasteiger charge is 2.14. The van der Waals surface area contributed by atoms with Gasteiger partial charge in [0, 0.05) is 30.9 Å². The summed E-state index contributed by atoms with van der Waals surface area (Å²) in [5.74, 6) is 0. The van der Waals surface area contributed by atoms with Gasteiger partial charge in [0.15, 0.2) is 0 Å². The minimum Gasteiger partial charge on any atom is -0.338 e.